The molecule has 0 aliphatic carbocycles. The van der Waals surface area contributed by atoms with E-state index in [1.165, 1.54) is 18.4 Å². The SMILES string of the molecule is COC(=O)C1CN(CCC(F)(I)CCNC(=O)c2cc(-c3cccs3)on2)C1. The first-order valence-corrected chi connectivity index (χ1v) is 10.8. The third kappa shape index (κ3) is 5.51. The number of alkyl halides is 2. The number of halogens is 2. The largest absolute Gasteiger partial charge is 0.469 e. The van der Waals surface area contributed by atoms with Gasteiger partial charge in [0.15, 0.2) is 15.1 Å². The molecule has 1 aliphatic heterocycles. The summed E-state index contributed by atoms with van der Waals surface area (Å²) >= 11 is 3.27. The Kier molecular flexibility index (Phi) is 7.05. The first-order valence-electron chi connectivity index (χ1n) is 8.85. The predicted octanol–water partition coefficient (Wildman–Crippen LogP) is 3.12. The summed E-state index contributed by atoms with van der Waals surface area (Å²) in [6.07, 6.45) is 0.507. The highest BCUT2D eigenvalue weighted by Crippen LogP contribution is 2.30. The van der Waals surface area contributed by atoms with Crippen LogP contribution in [-0.4, -0.2) is 58.9 Å². The lowest BCUT2D eigenvalue weighted by Crippen LogP contribution is -2.51. The Morgan fingerprint density at radius 2 is 2.29 bits per heavy atom. The van der Waals surface area contributed by atoms with Crippen LogP contribution in [0.1, 0.15) is 23.3 Å². The third-order valence-corrected chi connectivity index (χ3v) is 6.53. The molecule has 1 saturated heterocycles. The van der Waals surface area contributed by atoms with Crippen molar-refractivity contribution in [2.75, 3.05) is 33.3 Å². The number of thiophene rings is 1. The van der Waals surface area contributed by atoms with Gasteiger partial charge in [-0.05, 0) is 34.0 Å². The molecule has 0 radical (unpaired) electrons. The molecule has 1 N–H and O–H groups in total. The summed E-state index contributed by atoms with van der Waals surface area (Å²) in [6, 6.07) is 5.35. The van der Waals surface area contributed by atoms with E-state index < -0.39 is 3.68 Å². The number of hydrogen-bond donors (Lipinski definition) is 1. The first-order chi connectivity index (χ1) is 13.4. The van der Waals surface area contributed by atoms with Crippen molar-refractivity contribution in [1.29, 1.82) is 0 Å². The molecule has 1 aliphatic rings. The zero-order valence-electron chi connectivity index (χ0n) is 15.3. The molecule has 152 valence electrons. The van der Waals surface area contributed by atoms with Crippen LogP contribution in [0.5, 0.6) is 0 Å². The Bertz CT molecular complexity index is 806. The van der Waals surface area contributed by atoms with E-state index >= 15 is 0 Å². The molecule has 2 aromatic heterocycles. The van der Waals surface area contributed by atoms with E-state index in [0.29, 0.717) is 31.8 Å². The molecule has 0 bridgehead atoms. The third-order valence-electron chi connectivity index (χ3n) is 4.57. The molecule has 0 spiro atoms. The van der Waals surface area contributed by atoms with Crippen LogP contribution in [0.3, 0.4) is 0 Å². The molecule has 3 heterocycles. The van der Waals surface area contributed by atoms with Crippen LogP contribution >= 0.6 is 33.9 Å². The molecular weight excluding hydrogens is 500 g/mol. The molecule has 3 rings (SSSR count). The average Bonchev–Trinajstić information content (AvgIpc) is 3.30. The van der Waals surface area contributed by atoms with Crippen LogP contribution < -0.4 is 5.32 Å². The van der Waals surface area contributed by atoms with Crippen LogP contribution in [0.25, 0.3) is 10.6 Å². The minimum Gasteiger partial charge on any atom is -0.469 e. The van der Waals surface area contributed by atoms with Gasteiger partial charge in [0.1, 0.15) is 0 Å². The number of amides is 1. The van der Waals surface area contributed by atoms with Gasteiger partial charge in [-0.1, -0.05) is 11.2 Å². The zero-order chi connectivity index (χ0) is 20.1. The Morgan fingerprint density at radius 3 is 2.96 bits per heavy atom. The van der Waals surface area contributed by atoms with E-state index in [1.807, 2.05) is 22.4 Å². The molecule has 1 amide bonds. The lowest BCUT2D eigenvalue weighted by atomic mass is 10.00. The number of nitrogens with zero attached hydrogens (tertiary/aromatic N) is 2. The lowest BCUT2D eigenvalue weighted by molar-refractivity contribution is -0.151. The number of methoxy groups -OCH3 is 1. The Morgan fingerprint density at radius 1 is 1.50 bits per heavy atom. The molecular formula is C18H21FIN3O4S. The standard InChI is InChI=1S/C18H21FIN3O4S/c1-26-17(25)12-10-23(11-12)7-5-18(19,20)4-6-21-16(24)13-9-14(27-22-13)15-3-2-8-28-15/h2-3,8-9,12H,4-7,10-11H2,1H3,(H,21,24). The van der Waals surface area contributed by atoms with Crippen molar-refractivity contribution in [2.45, 2.75) is 16.5 Å². The van der Waals surface area contributed by atoms with Crippen molar-refractivity contribution in [3.63, 3.8) is 0 Å². The highest BCUT2D eigenvalue weighted by Gasteiger charge is 2.35. The summed E-state index contributed by atoms with van der Waals surface area (Å²) in [5, 5.41) is 8.37. The van der Waals surface area contributed by atoms with E-state index in [9.17, 15) is 14.0 Å². The maximum atomic E-state index is 14.7. The summed E-state index contributed by atoms with van der Waals surface area (Å²) in [7, 11) is 1.37. The minimum absolute atomic E-state index is 0.103. The van der Waals surface area contributed by atoms with E-state index in [4.69, 9.17) is 4.52 Å². The van der Waals surface area contributed by atoms with Gasteiger partial charge in [0.05, 0.1) is 17.9 Å². The highest BCUT2D eigenvalue weighted by atomic mass is 127. The van der Waals surface area contributed by atoms with Gasteiger partial charge in [0.2, 0.25) is 0 Å². The maximum Gasteiger partial charge on any atom is 0.311 e. The van der Waals surface area contributed by atoms with Gasteiger partial charge >= 0.3 is 5.97 Å². The second kappa shape index (κ2) is 9.31. The first kappa shape index (κ1) is 21.2. The minimum atomic E-state index is -1.44. The van der Waals surface area contributed by atoms with Crippen molar-refractivity contribution < 1.29 is 23.2 Å². The summed E-state index contributed by atoms with van der Waals surface area (Å²) in [4.78, 5) is 26.4. The molecule has 1 fully saturated rings. The summed E-state index contributed by atoms with van der Waals surface area (Å²) < 4.78 is 23.1. The Labute approximate surface area is 179 Å². The smallest absolute Gasteiger partial charge is 0.311 e. The second-order valence-corrected chi connectivity index (χ2v) is 9.53. The van der Waals surface area contributed by atoms with Crippen molar-refractivity contribution >= 4 is 45.8 Å². The topological polar surface area (TPSA) is 84.7 Å². The number of carbonyl (C=O) groups excluding carboxylic acids is 2. The van der Waals surface area contributed by atoms with Gasteiger partial charge in [-0.15, -0.1) is 11.3 Å². The number of esters is 1. The summed E-state index contributed by atoms with van der Waals surface area (Å²) in [5.41, 5.74) is 0.177. The number of carbonyl (C=O) groups is 2. The van der Waals surface area contributed by atoms with Crippen LogP contribution in [0.15, 0.2) is 28.1 Å². The number of hydrogen-bond acceptors (Lipinski definition) is 7. The van der Waals surface area contributed by atoms with E-state index in [-0.39, 0.29) is 36.5 Å². The van der Waals surface area contributed by atoms with E-state index in [1.54, 1.807) is 28.7 Å². The number of likely N-dealkylation sites (tertiary alicyclic amines) is 1. The number of rotatable bonds is 9. The van der Waals surface area contributed by atoms with Gasteiger partial charge in [-0.25, -0.2) is 4.39 Å². The number of ether oxygens (including phenoxy) is 1. The summed E-state index contributed by atoms with van der Waals surface area (Å²) in [5.74, 6) is -0.166. The highest BCUT2D eigenvalue weighted by molar-refractivity contribution is 14.1. The molecule has 7 nitrogen and oxygen atoms in total. The number of aromatic nitrogens is 1. The fourth-order valence-corrected chi connectivity index (χ4v) is 4.07. The lowest BCUT2D eigenvalue weighted by Gasteiger charge is -2.38. The van der Waals surface area contributed by atoms with Gasteiger partial charge in [-0.2, -0.15) is 0 Å². The van der Waals surface area contributed by atoms with E-state index in [0.717, 1.165) is 4.88 Å². The van der Waals surface area contributed by atoms with Gasteiger partial charge in [0, 0.05) is 45.1 Å². The van der Waals surface area contributed by atoms with Gasteiger partial charge < -0.3 is 19.5 Å². The van der Waals surface area contributed by atoms with Crippen molar-refractivity contribution in [1.82, 2.24) is 15.4 Å². The molecule has 0 aromatic carbocycles. The molecule has 2 aromatic rings. The fourth-order valence-electron chi connectivity index (χ4n) is 2.88. The molecule has 0 saturated carbocycles. The molecule has 1 unspecified atom stereocenters. The second-order valence-electron chi connectivity index (χ2n) is 6.65. The quantitative estimate of drug-likeness (QED) is 0.310. The van der Waals surface area contributed by atoms with Crippen LogP contribution in [0, 0.1) is 5.92 Å². The zero-order valence-corrected chi connectivity index (χ0v) is 18.3. The van der Waals surface area contributed by atoms with Gasteiger partial charge in [0.25, 0.3) is 5.91 Å². The molecule has 28 heavy (non-hydrogen) atoms. The van der Waals surface area contributed by atoms with E-state index in [2.05, 4.69) is 15.2 Å². The Hall–Kier alpha value is -1.53. The summed E-state index contributed by atoms with van der Waals surface area (Å²) in [6.45, 7) is 1.97. The Balaban J connectivity index is 1.37. The van der Waals surface area contributed by atoms with Crippen LogP contribution in [0.4, 0.5) is 4.39 Å². The van der Waals surface area contributed by atoms with Crippen LogP contribution in [-0.2, 0) is 9.53 Å². The van der Waals surface area contributed by atoms with Crippen molar-refractivity contribution in [3.8, 4) is 10.6 Å². The van der Waals surface area contributed by atoms with Crippen molar-refractivity contribution in [3.05, 3.63) is 29.3 Å². The normalized spacial score (nSPS) is 17.0. The average molecular weight is 521 g/mol. The number of nitrogens with one attached hydrogen (secondary N) is 1. The van der Waals surface area contributed by atoms with Gasteiger partial charge in [-0.3, -0.25) is 9.59 Å². The monoisotopic (exact) mass is 521 g/mol. The maximum absolute atomic E-state index is 14.7. The predicted molar refractivity (Wildman–Crippen MR) is 111 cm³/mol. The fraction of sp³-hybridized carbons (Fsp3) is 0.500. The van der Waals surface area contributed by atoms with Crippen molar-refractivity contribution in [2.24, 2.45) is 5.92 Å². The molecule has 1 atom stereocenters. The van der Waals surface area contributed by atoms with Crippen LogP contribution in [0.2, 0.25) is 0 Å². The molecule has 10 heteroatoms.